The van der Waals surface area contributed by atoms with Gasteiger partial charge in [-0.3, -0.25) is 10.1 Å². The summed E-state index contributed by atoms with van der Waals surface area (Å²) in [5, 5.41) is 15.2. The number of amides is 1. The van der Waals surface area contributed by atoms with E-state index in [0.29, 0.717) is 22.9 Å². The van der Waals surface area contributed by atoms with E-state index in [1.54, 1.807) is 18.2 Å². The first kappa shape index (κ1) is 19.3. The molecule has 2 aromatic rings. The van der Waals surface area contributed by atoms with Crippen molar-refractivity contribution in [1.29, 1.82) is 0 Å². The molecule has 138 valence electrons. The number of aryl methyl sites for hydroxylation is 1. The number of benzene rings is 2. The van der Waals surface area contributed by atoms with Crippen LogP contribution in [0, 0.1) is 6.92 Å². The van der Waals surface area contributed by atoms with Crippen LogP contribution in [-0.2, 0) is 0 Å². The molecule has 2 aromatic carbocycles. The number of hydrogen-bond donors (Lipinski definition) is 3. The molecule has 3 N–H and O–H groups in total. The number of phenols is 1. The standard InChI is InChI=1S/C18H20N2O5S/c1-10-5-6-13(21)12(7-10)19-18(26)20-17(22)11-8-14(23-2)16(25-4)15(9-11)24-3/h5-9,21H,1-4H3,(H2,19,20,22,26). The van der Waals surface area contributed by atoms with Crippen LogP contribution in [0.25, 0.3) is 0 Å². The molecule has 0 fully saturated rings. The lowest BCUT2D eigenvalue weighted by Crippen LogP contribution is -2.34. The van der Waals surface area contributed by atoms with Gasteiger partial charge < -0.3 is 24.6 Å². The predicted molar refractivity (Wildman–Crippen MR) is 103 cm³/mol. The lowest BCUT2D eigenvalue weighted by Gasteiger charge is -2.15. The SMILES string of the molecule is COc1cc(C(=O)NC(=S)Nc2cc(C)ccc2O)cc(OC)c1OC. The number of carbonyl (C=O) groups excluding carboxylic acids is 1. The fraction of sp³-hybridized carbons (Fsp3) is 0.222. The van der Waals surface area contributed by atoms with Crippen molar-refractivity contribution < 1.29 is 24.1 Å². The van der Waals surface area contributed by atoms with Gasteiger partial charge in [-0.1, -0.05) is 6.07 Å². The third-order valence-corrected chi connectivity index (χ3v) is 3.76. The monoisotopic (exact) mass is 376 g/mol. The average molecular weight is 376 g/mol. The van der Waals surface area contributed by atoms with Crippen molar-refractivity contribution in [2.75, 3.05) is 26.6 Å². The molecule has 0 unspecified atom stereocenters. The van der Waals surface area contributed by atoms with Crippen LogP contribution in [0.3, 0.4) is 0 Å². The largest absolute Gasteiger partial charge is 0.506 e. The average Bonchev–Trinajstić information content (AvgIpc) is 2.63. The fourth-order valence-electron chi connectivity index (χ4n) is 2.29. The van der Waals surface area contributed by atoms with Gasteiger partial charge in [-0.15, -0.1) is 0 Å². The van der Waals surface area contributed by atoms with Gasteiger partial charge in [-0.2, -0.15) is 0 Å². The van der Waals surface area contributed by atoms with Crippen molar-refractivity contribution in [2.24, 2.45) is 0 Å². The van der Waals surface area contributed by atoms with Crippen molar-refractivity contribution in [1.82, 2.24) is 5.32 Å². The van der Waals surface area contributed by atoms with Crippen LogP contribution in [0.15, 0.2) is 30.3 Å². The van der Waals surface area contributed by atoms with Crippen molar-refractivity contribution in [3.8, 4) is 23.0 Å². The molecular formula is C18H20N2O5S. The summed E-state index contributed by atoms with van der Waals surface area (Å²) in [4.78, 5) is 12.5. The first-order valence-electron chi connectivity index (χ1n) is 7.61. The predicted octanol–water partition coefficient (Wildman–Crippen LogP) is 2.85. The second-order valence-electron chi connectivity index (χ2n) is 5.34. The molecule has 26 heavy (non-hydrogen) atoms. The molecule has 0 bridgehead atoms. The maximum absolute atomic E-state index is 12.5. The van der Waals surface area contributed by atoms with E-state index in [-0.39, 0.29) is 16.4 Å². The Balaban J connectivity index is 2.19. The number of rotatable bonds is 5. The lowest BCUT2D eigenvalue weighted by molar-refractivity contribution is 0.0977. The Morgan fingerprint density at radius 1 is 1.04 bits per heavy atom. The second kappa shape index (κ2) is 8.39. The number of anilines is 1. The highest BCUT2D eigenvalue weighted by Crippen LogP contribution is 2.38. The molecule has 0 saturated carbocycles. The summed E-state index contributed by atoms with van der Waals surface area (Å²) in [5.41, 5.74) is 1.61. The van der Waals surface area contributed by atoms with E-state index in [4.69, 9.17) is 26.4 Å². The summed E-state index contributed by atoms with van der Waals surface area (Å²) >= 11 is 5.14. The normalized spacial score (nSPS) is 10.0. The molecule has 0 heterocycles. The maximum Gasteiger partial charge on any atom is 0.257 e. The highest BCUT2D eigenvalue weighted by molar-refractivity contribution is 7.80. The van der Waals surface area contributed by atoms with Crippen molar-refractivity contribution >= 4 is 28.9 Å². The number of nitrogens with one attached hydrogen (secondary N) is 2. The van der Waals surface area contributed by atoms with E-state index in [2.05, 4.69) is 10.6 Å². The maximum atomic E-state index is 12.5. The molecule has 0 aromatic heterocycles. The molecule has 0 aliphatic rings. The molecule has 0 spiro atoms. The highest BCUT2D eigenvalue weighted by Gasteiger charge is 2.18. The molecule has 2 rings (SSSR count). The van der Waals surface area contributed by atoms with E-state index < -0.39 is 5.91 Å². The molecular weight excluding hydrogens is 356 g/mol. The first-order chi connectivity index (χ1) is 12.4. The summed E-state index contributed by atoms with van der Waals surface area (Å²) in [5.74, 6) is 0.658. The zero-order valence-corrected chi connectivity index (χ0v) is 15.7. The summed E-state index contributed by atoms with van der Waals surface area (Å²) in [7, 11) is 4.41. The Hall–Kier alpha value is -3.00. The smallest absolute Gasteiger partial charge is 0.257 e. The minimum Gasteiger partial charge on any atom is -0.506 e. The van der Waals surface area contributed by atoms with E-state index in [0.717, 1.165) is 5.56 Å². The Labute approximate surface area is 156 Å². The van der Waals surface area contributed by atoms with Crippen LogP contribution >= 0.6 is 12.2 Å². The summed E-state index contributed by atoms with van der Waals surface area (Å²) in [6.45, 7) is 1.88. The lowest BCUT2D eigenvalue weighted by atomic mass is 10.1. The van der Waals surface area contributed by atoms with Gasteiger partial charge in [0.2, 0.25) is 5.75 Å². The Morgan fingerprint density at radius 2 is 1.65 bits per heavy atom. The van der Waals surface area contributed by atoms with Crippen LogP contribution < -0.4 is 24.8 Å². The number of methoxy groups -OCH3 is 3. The summed E-state index contributed by atoms with van der Waals surface area (Å²) in [6, 6.07) is 8.06. The van der Waals surface area contributed by atoms with Crippen LogP contribution in [-0.4, -0.2) is 37.5 Å². The molecule has 0 aliphatic carbocycles. The van der Waals surface area contributed by atoms with Crippen LogP contribution in [0.5, 0.6) is 23.0 Å². The quantitative estimate of drug-likeness (QED) is 0.546. The minimum absolute atomic E-state index is 0.0278. The topological polar surface area (TPSA) is 89.1 Å². The number of carbonyl (C=O) groups is 1. The Morgan fingerprint density at radius 3 is 2.19 bits per heavy atom. The van der Waals surface area contributed by atoms with E-state index >= 15 is 0 Å². The Kier molecular flexibility index (Phi) is 6.24. The summed E-state index contributed by atoms with van der Waals surface area (Å²) < 4.78 is 15.7. The van der Waals surface area contributed by atoms with Crippen molar-refractivity contribution in [3.05, 3.63) is 41.5 Å². The first-order valence-corrected chi connectivity index (χ1v) is 8.02. The molecule has 7 nitrogen and oxygen atoms in total. The minimum atomic E-state index is -0.464. The molecule has 0 radical (unpaired) electrons. The number of thiocarbonyl (C=S) groups is 1. The van der Waals surface area contributed by atoms with Gasteiger partial charge in [-0.05, 0) is 49.0 Å². The van der Waals surface area contributed by atoms with Gasteiger partial charge in [0.25, 0.3) is 5.91 Å². The molecule has 0 aliphatic heterocycles. The van der Waals surface area contributed by atoms with Crippen molar-refractivity contribution in [3.63, 3.8) is 0 Å². The van der Waals surface area contributed by atoms with E-state index in [1.807, 2.05) is 6.92 Å². The van der Waals surface area contributed by atoms with Gasteiger partial charge in [0, 0.05) is 5.56 Å². The van der Waals surface area contributed by atoms with Crippen LogP contribution in [0.4, 0.5) is 5.69 Å². The van der Waals surface area contributed by atoms with E-state index in [1.165, 1.54) is 33.5 Å². The molecule has 0 saturated heterocycles. The number of phenolic OH excluding ortho intramolecular Hbond substituents is 1. The van der Waals surface area contributed by atoms with Gasteiger partial charge >= 0.3 is 0 Å². The fourth-order valence-corrected chi connectivity index (χ4v) is 2.49. The number of ether oxygens (including phenoxy) is 3. The van der Waals surface area contributed by atoms with Gasteiger partial charge in [0.05, 0.1) is 27.0 Å². The number of aromatic hydroxyl groups is 1. The van der Waals surface area contributed by atoms with Crippen molar-refractivity contribution in [2.45, 2.75) is 6.92 Å². The van der Waals surface area contributed by atoms with Crippen LogP contribution in [0.1, 0.15) is 15.9 Å². The van der Waals surface area contributed by atoms with Gasteiger partial charge in [0.15, 0.2) is 16.6 Å². The third kappa shape index (κ3) is 4.34. The van der Waals surface area contributed by atoms with Gasteiger partial charge in [0.1, 0.15) is 5.75 Å². The second-order valence-corrected chi connectivity index (χ2v) is 5.75. The van der Waals surface area contributed by atoms with E-state index in [9.17, 15) is 9.90 Å². The highest BCUT2D eigenvalue weighted by atomic mass is 32.1. The summed E-state index contributed by atoms with van der Waals surface area (Å²) in [6.07, 6.45) is 0. The third-order valence-electron chi connectivity index (χ3n) is 3.55. The number of hydrogen-bond acceptors (Lipinski definition) is 6. The van der Waals surface area contributed by atoms with Crippen LogP contribution in [0.2, 0.25) is 0 Å². The Bertz CT molecular complexity index is 813. The zero-order valence-electron chi connectivity index (χ0n) is 14.9. The molecule has 0 atom stereocenters. The zero-order chi connectivity index (χ0) is 19.3. The van der Waals surface area contributed by atoms with Gasteiger partial charge in [-0.25, -0.2) is 0 Å². The molecule has 8 heteroatoms. The molecule has 1 amide bonds.